The molecule has 0 N–H and O–H groups in total. The molecule has 0 fully saturated rings. The molecule has 0 aliphatic heterocycles. The van der Waals surface area contributed by atoms with E-state index in [-0.39, 0.29) is 10.8 Å². The fourth-order valence-corrected chi connectivity index (χ4v) is 2.13. The van der Waals surface area contributed by atoms with E-state index in [1.807, 2.05) is 0 Å². The first kappa shape index (κ1) is 16.6. The Hall–Kier alpha value is -0.493. The molecular weight excluding hydrogens is 337 g/mol. The average Bonchev–Trinajstić information content (AvgIpc) is 2.24. The highest BCUT2D eigenvalue weighted by atomic mass is 79.9. The highest BCUT2D eigenvalue weighted by Crippen LogP contribution is 2.35. The quantitative estimate of drug-likeness (QED) is 0.682. The van der Waals surface area contributed by atoms with Crippen molar-refractivity contribution in [1.29, 1.82) is 0 Å². The maximum Gasteiger partial charge on any atom is 0.416 e. The minimum Gasteiger partial charge on any atom is -0.493 e. The van der Waals surface area contributed by atoms with E-state index in [2.05, 4.69) is 42.9 Å². The summed E-state index contributed by atoms with van der Waals surface area (Å²) in [4.78, 5) is 0. The SMILES string of the molecule is C[SiH](C)C(C)(C)COc1cc(Br)cc(C(F)(F)F)c1. The highest BCUT2D eigenvalue weighted by molar-refractivity contribution is 9.10. The van der Waals surface area contributed by atoms with Crippen molar-refractivity contribution in [3.8, 4) is 5.75 Å². The van der Waals surface area contributed by atoms with E-state index < -0.39 is 20.5 Å². The van der Waals surface area contributed by atoms with Gasteiger partial charge < -0.3 is 4.74 Å². The molecule has 6 heteroatoms. The molecule has 0 aliphatic carbocycles. The van der Waals surface area contributed by atoms with Crippen LogP contribution in [0, 0.1) is 0 Å². The van der Waals surface area contributed by atoms with Gasteiger partial charge in [0.25, 0.3) is 0 Å². The summed E-state index contributed by atoms with van der Waals surface area (Å²) in [6, 6.07) is 3.66. The fraction of sp³-hybridized carbons (Fsp3) is 0.538. The first-order chi connectivity index (χ1) is 8.52. The maximum absolute atomic E-state index is 12.7. The molecule has 0 unspecified atom stereocenters. The predicted octanol–water partition coefficient (Wildman–Crippen LogP) is 5.11. The second-order valence-electron chi connectivity index (χ2n) is 5.61. The fourth-order valence-electron chi connectivity index (χ4n) is 1.25. The molecule has 0 heterocycles. The van der Waals surface area contributed by atoms with Crippen molar-refractivity contribution in [3.63, 3.8) is 0 Å². The zero-order chi connectivity index (χ0) is 14.8. The van der Waals surface area contributed by atoms with Crippen LogP contribution in [0.3, 0.4) is 0 Å². The lowest BCUT2D eigenvalue weighted by molar-refractivity contribution is -0.137. The first-order valence-corrected chi connectivity index (χ1v) is 9.71. The van der Waals surface area contributed by atoms with Crippen molar-refractivity contribution >= 4 is 24.7 Å². The van der Waals surface area contributed by atoms with Crippen LogP contribution < -0.4 is 4.74 Å². The van der Waals surface area contributed by atoms with Crippen LogP contribution in [0.25, 0.3) is 0 Å². The molecule has 19 heavy (non-hydrogen) atoms. The topological polar surface area (TPSA) is 9.23 Å². The van der Waals surface area contributed by atoms with Gasteiger partial charge in [0, 0.05) is 13.3 Å². The van der Waals surface area contributed by atoms with Gasteiger partial charge in [0.1, 0.15) is 5.75 Å². The normalized spacial score (nSPS) is 12.9. The van der Waals surface area contributed by atoms with Gasteiger partial charge in [-0.15, -0.1) is 0 Å². The second-order valence-corrected chi connectivity index (χ2v) is 10.4. The maximum atomic E-state index is 12.7. The molecule has 0 amide bonds. The Morgan fingerprint density at radius 1 is 1.16 bits per heavy atom. The number of ether oxygens (including phenoxy) is 1. The van der Waals surface area contributed by atoms with Crippen LogP contribution in [0.5, 0.6) is 5.75 Å². The largest absolute Gasteiger partial charge is 0.493 e. The molecule has 108 valence electrons. The van der Waals surface area contributed by atoms with Crippen LogP contribution in [0.4, 0.5) is 13.2 Å². The summed E-state index contributed by atoms with van der Waals surface area (Å²) in [5, 5.41) is 0.0424. The zero-order valence-corrected chi connectivity index (χ0v) is 14.2. The van der Waals surface area contributed by atoms with Crippen molar-refractivity contribution in [2.75, 3.05) is 6.61 Å². The number of hydrogen-bond donors (Lipinski definition) is 0. The van der Waals surface area contributed by atoms with E-state index in [1.54, 1.807) is 6.07 Å². The van der Waals surface area contributed by atoms with Crippen molar-refractivity contribution < 1.29 is 17.9 Å². The lowest BCUT2D eigenvalue weighted by Crippen LogP contribution is -2.27. The molecule has 0 saturated heterocycles. The van der Waals surface area contributed by atoms with Crippen LogP contribution in [-0.2, 0) is 6.18 Å². The predicted molar refractivity (Wildman–Crippen MR) is 77.6 cm³/mol. The van der Waals surface area contributed by atoms with E-state index >= 15 is 0 Å². The molecule has 0 radical (unpaired) electrons. The molecule has 0 aliphatic rings. The standard InChI is InChI=1S/C13H18BrF3OSi/c1-12(2,19(3)4)8-18-11-6-9(13(15,16)17)5-10(14)7-11/h5-7,19H,8H2,1-4H3. The lowest BCUT2D eigenvalue weighted by Gasteiger charge is -2.28. The van der Waals surface area contributed by atoms with E-state index in [0.717, 1.165) is 12.1 Å². The molecule has 1 rings (SSSR count). The Balaban J connectivity index is 2.88. The molecule has 0 aromatic heterocycles. The van der Waals surface area contributed by atoms with Gasteiger partial charge in [-0.1, -0.05) is 42.9 Å². The minimum atomic E-state index is -4.36. The number of hydrogen-bond acceptors (Lipinski definition) is 1. The van der Waals surface area contributed by atoms with Crippen LogP contribution >= 0.6 is 15.9 Å². The Kier molecular flexibility index (Phi) is 5.12. The Morgan fingerprint density at radius 2 is 1.74 bits per heavy atom. The second kappa shape index (κ2) is 5.87. The first-order valence-electron chi connectivity index (χ1n) is 6.03. The van der Waals surface area contributed by atoms with Crippen LogP contribution in [-0.4, -0.2) is 15.4 Å². The zero-order valence-electron chi connectivity index (χ0n) is 11.4. The molecule has 1 nitrogen and oxygen atoms in total. The Morgan fingerprint density at radius 3 is 2.21 bits per heavy atom. The van der Waals surface area contributed by atoms with Crippen LogP contribution in [0.15, 0.2) is 22.7 Å². The summed E-state index contributed by atoms with van der Waals surface area (Å²) in [6.07, 6.45) is -4.36. The third-order valence-electron chi connectivity index (χ3n) is 3.37. The summed E-state index contributed by atoms with van der Waals surface area (Å²) in [5.41, 5.74) is -0.698. The Bertz CT molecular complexity index is 444. The monoisotopic (exact) mass is 354 g/mol. The lowest BCUT2D eigenvalue weighted by atomic mass is 10.2. The summed E-state index contributed by atoms with van der Waals surface area (Å²) in [6.45, 7) is 9.01. The van der Waals surface area contributed by atoms with Gasteiger partial charge in [0.05, 0.1) is 12.2 Å². The van der Waals surface area contributed by atoms with E-state index in [9.17, 15) is 13.2 Å². The summed E-state index contributed by atoms with van der Waals surface area (Å²) in [5.74, 6) is 0.254. The van der Waals surface area contributed by atoms with Crippen molar-refractivity contribution in [2.24, 2.45) is 0 Å². The van der Waals surface area contributed by atoms with Crippen molar-refractivity contribution in [2.45, 2.75) is 38.2 Å². The molecule has 1 aromatic carbocycles. The van der Waals surface area contributed by atoms with Crippen LogP contribution in [0.2, 0.25) is 18.1 Å². The summed E-state index contributed by atoms with van der Waals surface area (Å²) >= 11 is 3.08. The molecule has 1 aromatic rings. The smallest absolute Gasteiger partial charge is 0.416 e. The van der Waals surface area contributed by atoms with Crippen LogP contribution in [0.1, 0.15) is 19.4 Å². The summed E-state index contributed by atoms with van der Waals surface area (Å²) < 4.78 is 44.0. The third kappa shape index (κ3) is 4.84. The number of alkyl halides is 3. The van der Waals surface area contributed by atoms with Gasteiger partial charge in [-0.3, -0.25) is 0 Å². The summed E-state index contributed by atoms with van der Waals surface area (Å²) in [7, 11) is -0.938. The van der Waals surface area contributed by atoms with Crippen molar-refractivity contribution in [1.82, 2.24) is 0 Å². The number of rotatable bonds is 4. The van der Waals surface area contributed by atoms with E-state index in [4.69, 9.17) is 4.74 Å². The molecule has 0 bridgehead atoms. The average molecular weight is 355 g/mol. The van der Waals surface area contributed by atoms with Crippen molar-refractivity contribution in [3.05, 3.63) is 28.2 Å². The van der Waals surface area contributed by atoms with E-state index in [0.29, 0.717) is 11.1 Å². The van der Waals surface area contributed by atoms with Gasteiger partial charge in [-0.05, 0) is 23.2 Å². The van der Waals surface area contributed by atoms with Gasteiger partial charge in [-0.2, -0.15) is 13.2 Å². The van der Waals surface area contributed by atoms with Gasteiger partial charge in [-0.25, -0.2) is 0 Å². The molecule has 0 spiro atoms. The minimum absolute atomic E-state index is 0.0424. The van der Waals surface area contributed by atoms with Gasteiger partial charge >= 0.3 is 6.18 Å². The molecule has 0 atom stereocenters. The van der Waals surface area contributed by atoms with Gasteiger partial charge in [0.15, 0.2) is 0 Å². The molecular formula is C13H18BrF3OSi. The Labute approximate surface area is 121 Å². The number of benzene rings is 1. The van der Waals surface area contributed by atoms with E-state index in [1.165, 1.54) is 0 Å². The highest BCUT2D eigenvalue weighted by Gasteiger charge is 2.31. The number of halogens is 4. The molecule has 0 saturated carbocycles. The third-order valence-corrected chi connectivity index (χ3v) is 7.12. The van der Waals surface area contributed by atoms with Gasteiger partial charge in [0.2, 0.25) is 0 Å².